The molecule has 0 N–H and O–H groups in total. The van der Waals surface area contributed by atoms with E-state index in [4.69, 9.17) is 9.47 Å². The van der Waals surface area contributed by atoms with Gasteiger partial charge in [0.1, 0.15) is 17.1 Å². The van der Waals surface area contributed by atoms with Gasteiger partial charge < -0.3 is 9.47 Å². The van der Waals surface area contributed by atoms with E-state index in [1.807, 2.05) is 0 Å². The molecule has 0 bridgehead atoms. The molecule has 0 saturated carbocycles. The van der Waals surface area contributed by atoms with Crippen molar-refractivity contribution in [1.29, 1.82) is 0 Å². The summed E-state index contributed by atoms with van der Waals surface area (Å²) < 4.78 is 33.3. The van der Waals surface area contributed by atoms with Crippen LogP contribution < -0.4 is 9.47 Å². The van der Waals surface area contributed by atoms with E-state index in [-0.39, 0.29) is 17.3 Å². The van der Waals surface area contributed by atoms with E-state index >= 15 is 0 Å². The summed E-state index contributed by atoms with van der Waals surface area (Å²) in [4.78, 5) is 12.5. The van der Waals surface area contributed by atoms with Crippen LogP contribution in [0.3, 0.4) is 0 Å². The first kappa shape index (κ1) is 13.9. The van der Waals surface area contributed by atoms with E-state index in [2.05, 4.69) is 0 Å². The lowest BCUT2D eigenvalue weighted by atomic mass is 9.96. The second-order valence-electron chi connectivity index (χ2n) is 4.50. The van der Waals surface area contributed by atoms with Crippen molar-refractivity contribution in [3.8, 4) is 11.5 Å². The average Bonchev–Trinajstić information content (AvgIpc) is 2.77. The van der Waals surface area contributed by atoms with Crippen LogP contribution in [0.4, 0.5) is 0 Å². The van der Waals surface area contributed by atoms with Gasteiger partial charge in [0.25, 0.3) is 0 Å². The molecule has 0 aromatic heterocycles. The van der Waals surface area contributed by atoms with Gasteiger partial charge in [0.05, 0.1) is 25.7 Å². The Balaban J connectivity index is 2.39. The molecular weight excluding hydrogens is 268 g/mol. The van der Waals surface area contributed by atoms with Crippen LogP contribution in [0.15, 0.2) is 18.2 Å². The molecule has 1 atom stereocenters. The average molecular weight is 284 g/mol. The van der Waals surface area contributed by atoms with E-state index in [0.717, 1.165) is 0 Å². The first-order chi connectivity index (χ1) is 8.98. The van der Waals surface area contributed by atoms with Gasteiger partial charge in [-0.15, -0.1) is 0 Å². The van der Waals surface area contributed by atoms with Crippen molar-refractivity contribution in [2.24, 2.45) is 5.92 Å². The van der Waals surface area contributed by atoms with Crippen LogP contribution in [0.1, 0.15) is 16.8 Å². The molecule has 1 aromatic carbocycles. The van der Waals surface area contributed by atoms with Gasteiger partial charge in [0, 0.05) is 5.92 Å². The van der Waals surface area contributed by atoms with Crippen LogP contribution in [0.2, 0.25) is 0 Å². The highest BCUT2D eigenvalue weighted by Crippen LogP contribution is 2.33. The van der Waals surface area contributed by atoms with Gasteiger partial charge in [-0.1, -0.05) is 6.07 Å². The maximum atomic E-state index is 12.5. The molecule has 1 saturated heterocycles. The first-order valence-electron chi connectivity index (χ1n) is 5.94. The molecule has 6 heteroatoms. The van der Waals surface area contributed by atoms with Crippen molar-refractivity contribution in [3.63, 3.8) is 0 Å². The van der Waals surface area contributed by atoms with E-state index in [0.29, 0.717) is 23.5 Å². The highest BCUT2D eigenvalue weighted by Gasteiger charge is 2.35. The number of sulfone groups is 1. The van der Waals surface area contributed by atoms with Crippen LogP contribution >= 0.6 is 0 Å². The molecule has 104 valence electrons. The van der Waals surface area contributed by atoms with E-state index in [1.54, 1.807) is 18.2 Å². The normalized spacial score (nSPS) is 21.1. The Bertz CT molecular complexity index is 569. The van der Waals surface area contributed by atoms with Crippen LogP contribution in [0.25, 0.3) is 0 Å². The van der Waals surface area contributed by atoms with Crippen molar-refractivity contribution in [3.05, 3.63) is 23.8 Å². The fourth-order valence-corrected chi connectivity index (χ4v) is 4.04. The minimum Gasteiger partial charge on any atom is -0.496 e. The smallest absolute Gasteiger partial charge is 0.174 e. The van der Waals surface area contributed by atoms with E-state index in [1.165, 1.54) is 14.2 Å². The van der Waals surface area contributed by atoms with Crippen molar-refractivity contribution in [2.45, 2.75) is 6.42 Å². The minimum absolute atomic E-state index is 0.0703. The number of hydrogen-bond donors (Lipinski definition) is 0. The van der Waals surface area contributed by atoms with Gasteiger partial charge in [-0.3, -0.25) is 4.79 Å². The zero-order valence-electron chi connectivity index (χ0n) is 10.9. The number of carbonyl (C=O) groups is 1. The number of ketones is 1. The second kappa shape index (κ2) is 5.21. The summed E-state index contributed by atoms with van der Waals surface area (Å²) in [5.41, 5.74) is 0.328. The molecular formula is C13H16O5S. The largest absolute Gasteiger partial charge is 0.496 e. The molecule has 1 aromatic rings. The summed E-state index contributed by atoms with van der Waals surface area (Å²) in [6, 6.07) is 5.05. The number of ether oxygens (including phenoxy) is 2. The third kappa shape index (κ3) is 2.73. The summed E-state index contributed by atoms with van der Waals surface area (Å²) in [7, 11) is -0.152. The molecule has 1 aliphatic rings. The Morgan fingerprint density at radius 2 is 1.79 bits per heavy atom. The molecule has 1 fully saturated rings. The minimum atomic E-state index is -3.09. The molecule has 2 rings (SSSR count). The Labute approximate surface area is 112 Å². The molecule has 1 unspecified atom stereocenters. The second-order valence-corrected chi connectivity index (χ2v) is 6.73. The van der Waals surface area contributed by atoms with Crippen LogP contribution in [0, 0.1) is 5.92 Å². The molecule has 0 radical (unpaired) electrons. The Kier molecular flexibility index (Phi) is 3.80. The lowest BCUT2D eigenvalue weighted by Crippen LogP contribution is -2.18. The summed E-state index contributed by atoms with van der Waals surface area (Å²) in [6.07, 6.45) is 0.363. The third-order valence-electron chi connectivity index (χ3n) is 3.28. The number of rotatable bonds is 4. The molecule has 19 heavy (non-hydrogen) atoms. The van der Waals surface area contributed by atoms with Crippen LogP contribution in [-0.4, -0.2) is 39.9 Å². The van der Waals surface area contributed by atoms with Crippen molar-refractivity contribution in [2.75, 3.05) is 25.7 Å². The maximum Gasteiger partial charge on any atom is 0.174 e. The Morgan fingerprint density at radius 1 is 1.21 bits per heavy atom. The topological polar surface area (TPSA) is 69.7 Å². The van der Waals surface area contributed by atoms with Gasteiger partial charge in [0.15, 0.2) is 15.6 Å². The number of methoxy groups -OCH3 is 2. The number of carbonyl (C=O) groups excluding carboxylic acids is 1. The molecule has 5 nitrogen and oxygen atoms in total. The van der Waals surface area contributed by atoms with E-state index in [9.17, 15) is 13.2 Å². The van der Waals surface area contributed by atoms with Crippen molar-refractivity contribution < 1.29 is 22.7 Å². The highest BCUT2D eigenvalue weighted by atomic mass is 32.2. The summed E-state index contributed by atoms with van der Waals surface area (Å²) >= 11 is 0. The standard InChI is InChI=1S/C13H16O5S/c1-17-10-4-3-5-11(18-2)12(10)13(14)9-6-7-19(15,16)8-9/h3-5,9H,6-8H2,1-2H3. The Morgan fingerprint density at radius 3 is 2.21 bits per heavy atom. The molecule has 1 heterocycles. The van der Waals surface area contributed by atoms with Crippen molar-refractivity contribution >= 4 is 15.6 Å². The van der Waals surface area contributed by atoms with Gasteiger partial charge in [-0.25, -0.2) is 8.42 Å². The predicted octanol–water partition coefficient (Wildman–Crippen LogP) is 1.32. The fourth-order valence-electron chi connectivity index (χ4n) is 2.30. The van der Waals surface area contributed by atoms with Crippen LogP contribution in [0.5, 0.6) is 11.5 Å². The summed E-state index contributed by atoms with van der Waals surface area (Å²) in [6.45, 7) is 0. The lowest BCUT2D eigenvalue weighted by molar-refractivity contribution is 0.0927. The maximum absolute atomic E-state index is 12.5. The fraction of sp³-hybridized carbons (Fsp3) is 0.462. The van der Waals surface area contributed by atoms with Gasteiger partial charge >= 0.3 is 0 Å². The predicted molar refractivity (Wildman–Crippen MR) is 70.6 cm³/mol. The summed E-state index contributed by atoms with van der Waals surface area (Å²) in [5, 5.41) is 0. The summed E-state index contributed by atoms with van der Waals surface area (Å²) in [5.74, 6) is 0.0707. The molecule has 1 aliphatic heterocycles. The number of benzene rings is 1. The SMILES string of the molecule is COc1cccc(OC)c1C(=O)C1CCS(=O)(=O)C1. The number of Topliss-reactive ketones (excluding diaryl/α,β-unsaturated/α-hetero) is 1. The van der Waals surface area contributed by atoms with Gasteiger partial charge in [-0.05, 0) is 18.6 Å². The quantitative estimate of drug-likeness (QED) is 0.780. The first-order valence-corrected chi connectivity index (χ1v) is 7.76. The molecule has 0 amide bonds. The molecule has 0 aliphatic carbocycles. The lowest BCUT2D eigenvalue weighted by Gasteiger charge is -2.14. The van der Waals surface area contributed by atoms with E-state index < -0.39 is 15.8 Å². The Hall–Kier alpha value is -1.56. The van der Waals surface area contributed by atoms with Gasteiger partial charge in [0.2, 0.25) is 0 Å². The third-order valence-corrected chi connectivity index (χ3v) is 5.05. The highest BCUT2D eigenvalue weighted by molar-refractivity contribution is 7.91. The monoisotopic (exact) mass is 284 g/mol. The number of hydrogen-bond acceptors (Lipinski definition) is 5. The van der Waals surface area contributed by atoms with Crippen molar-refractivity contribution in [1.82, 2.24) is 0 Å². The zero-order valence-corrected chi connectivity index (χ0v) is 11.7. The zero-order chi connectivity index (χ0) is 14.0. The molecule has 0 spiro atoms. The van der Waals surface area contributed by atoms with Gasteiger partial charge in [-0.2, -0.15) is 0 Å². The van der Waals surface area contributed by atoms with Crippen LogP contribution in [-0.2, 0) is 9.84 Å².